The lowest BCUT2D eigenvalue weighted by atomic mass is 10.2. The van der Waals surface area contributed by atoms with Gasteiger partial charge < -0.3 is 16.2 Å². The maximum atomic E-state index is 12.0. The van der Waals surface area contributed by atoms with Crippen LogP contribution in [0.15, 0.2) is 10.7 Å². The Labute approximate surface area is 91.5 Å². The van der Waals surface area contributed by atoms with Crippen molar-refractivity contribution in [1.82, 2.24) is 4.98 Å². The predicted molar refractivity (Wildman–Crippen MR) is 50.9 cm³/mol. The van der Waals surface area contributed by atoms with Gasteiger partial charge in [-0.1, -0.05) is 0 Å². The molecule has 0 spiro atoms. The van der Waals surface area contributed by atoms with Crippen molar-refractivity contribution >= 4 is 21.7 Å². The summed E-state index contributed by atoms with van der Waals surface area (Å²) < 4.78 is 40.1. The summed E-state index contributed by atoms with van der Waals surface area (Å²) in [4.78, 5) is 3.52. The monoisotopic (exact) mass is 285 g/mol. The van der Waals surface area contributed by atoms with E-state index in [0.29, 0.717) is 4.47 Å². The molecule has 0 aromatic carbocycles. The van der Waals surface area contributed by atoms with E-state index in [4.69, 9.17) is 11.5 Å². The molecule has 0 fully saturated rings. The third kappa shape index (κ3) is 2.96. The van der Waals surface area contributed by atoms with Crippen molar-refractivity contribution < 1.29 is 17.9 Å². The van der Waals surface area contributed by atoms with Gasteiger partial charge in [-0.3, -0.25) is 0 Å². The maximum absolute atomic E-state index is 12.0. The zero-order valence-electron chi connectivity index (χ0n) is 7.31. The van der Waals surface area contributed by atoms with Crippen molar-refractivity contribution in [2.75, 3.05) is 5.73 Å². The molecule has 0 atom stereocenters. The van der Waals surface area contributed by atoms with E-state index < -0.39 is 12.1 Å². The summed E-state index contributed by atoms with van der Waals surface area (Å²) >= 11 is 3.00. The van der Waals surface area contributed by atoms with Gasteiger partial charge in [-0.05, 0) is 15.9 Å². The molecule has 0 saturated carbocycles. The third-order valence-corrected chi connectivity index (χ3v) is 2.22. The molecule has 4 nitrogen and oxygen atoms in total. The second kappa shape index (κ2) is 4.23. The van der Waals surface area contributed by atoms with E-state index in [2.05, 4.69) is 25.7 Å². The highest BCUT2D eigenvalue weighted by atomic mass is 79.9. The highest BCUT2D eigenvalue weighted by Crippen LogP contribution is 2.34. The first-order valence-electron chi connectivity index (χ1n) is 3.74. The van der Waals surface area contributed by atoms with Crippen molar-refractivity contribution in [3.63, 3.8) is 0 Å². The molecule has 0 bridgehead atoms. The number of alkyl halides is 3. The summed E-state index contributed by atoms with van der Waals surface area (Å²) in [5.41, 5.74) is 10.7. The van der Waals surface area contributed by atoms with E-state index in [1.54, 1.807) is 0 Å². The Morgan fingerprint density at radius 3 is 2.53 bits per heavy atom. The van der Waals surface area contributed by atoms with Crippen LogP contribution < -0.4 is 16.2 Å². The van der Waals surface area contributed by atoms with Gasteiger partial charge in [0, 0.05) is 22.8 Å². The van der Waals surface area contributed by atoms with Gasteiger partial charge in [0.1, 0.15) is 0 Å². The molecular weight excluding hydrogens is 279 g/mol. The minimum absolute atomic E-state index is 0.125. The molecule has 15 heavy (non-hydrogen) atoms. The molecule has 84 valence electrons. The first-order chi connectivity index (χ1) is 6.85. The molecule has 0 amide bonds. The van der Waals surface area contributed by atoms with Gasteiger partial charge in [0.15, 0.2) is 11.6 Å². The quantitative estimate of drug-likeness (QED) is 0.869. The minimum Gasteiger partial charge on any atom is -0.401 e. The maximum Gasteiger partial charge on any atom is 0.573 e. The fourth-order valence-electron chi connectivity index (χ4n) is 0.946. The number of pyridine rings is 1. The zero-order valence-corrected chi connectivity index (χ0v) is 8.89. The van der Waals surface area contributed by atoms with Gasteiger partial charge in [0.05, 0.1) is 0 Å². The van der Waals surface area contributed by atoms with Crippen molar-refractivity contribution in [2.24, 2.45) is 5.73 Å². The van der Waals surface area contributed by atoms with Crippen LogP contribution in [-0.4, -0.2) is 11.3 Å². The molecular formula is C7H7BrF3N3O. The summed E-state index contributed by atoms with van der Waals surface area (Å²) in [7, 11) is 0. The van der Waals surface area contributed by atoms with Crippen LogP contribution in [0.5, 0.6) is 5.75 Å². The van der Waals surface area contributed by atoms with Crippen LogP contribution in [-0.2, 0) is 6.54 Å². The number of nitrogen functional groups attached to an aromatic ring is 1. The number of aromatic nitrogens is 1. The Morgan fingerprint density at radius 1 is 1.47 bits per heavy atom. The number of nitrogens with two attached hydrogens (primary N) is 2. The molecule has 0 unspecified atom stereocenters. The van der Waals surface area contributed by atoms with E-state index in [9.17, 15) is 13.2 Å². The van der Waals surface area contributed by atoms with Crippen LogP contribution in [0.4, 0.5) is 19.0 Å². The van der Waals surface area contributed by atoms with Gasteiger partial charge in [0.25, 0.3) is 0 Å². The number of halogens is 4. The van der Waals surface area contributed by atoms with Gasteiger partial charge >= 0.3 is 6.36 Å². The number of ether oxygens (including phenoxy) is 1. The SMILES string of the molecule is NCc1c(Br)cnc(N)c1OC(F)(F)F. The highest BCUT2D eigenvalue weighted by Gasteiger charge is 2.33. The van der Waals surface area contributed by atoms with Crippen LogP contribution in [0, 0.1) is 0 Å². The molecule has 1 rings (SSSR count). The molecule has 0 aliphatic rings. The van der Waals surface area contributed by atoms with Crippen molar-refractivity contribution in [3.8, 4) is 5.75 Å². The number of nitrogens with zero attached hydrogens (tertiary/aromatic N) is 1. The molecule has 8 heteroatoms. The third-order valence-electron chi connectivity index (χ3n) is 1.53. The summed E-state index contributed by atoms with van der Waals surface area (Å²) in [5.74, 6) is -0.907. The van der Waals surface area contributed by atoms with Gasteiger partial charge in [-0.15, -0.1) is 13.2 Å². The Kier molecular flexibility index (Phi) is 3.40. The highest BCUT2D eigenvalue weighted by molar-refractivity contribution is 9.10. The average Bonchev–Trinajstić information content (AvgIpc) is 2.10. The number of hydrogen-bond acceptors (Lipinski definition) is 4. The van der Waals surface area contributed by atoms with E-state index in [1.807, 2.05) is 0 Å². The van der Waals surface area contributed by atoms with E-state index >= 15 is 0 Å². The number of anilines is 1. The van der Waals surface area contributed by atoms with Gasteiger partial charge in [-0.25, -0.2) is 4.98 Å². The molecule has 4 N–H and O–H groups in total. The lowest BCUT2D eigenvalue weighted by Crippen LogP contribution is -2.20. The molecule has 1 heterocycles. The second-order valence-electron chi connectivity index (χ2n) is 2.55. The van der Waals surface area contributed by atoms with Crippen LogP contribution in [0.1, 0.15) is 5.56 Å². The molecule has 0 saturated heterocycles. The summed E-state index contributed by atoms with van der Waals surface area (Å²) in [6.45, 7) is -0.140. The van der Waals surface area contributed by atoms with E-state index in [-0.39, 0.29) is 17.9 Å². The Balaban J connectivity index is 3.20. The largest absolute Gasteiger partial charge is 0.573 e. The molecule has 0 aliphatic carbocycles. The summed E-state index contributed by atoms with van der Waals surface area (Å²) in [6.07, 6.45) is -3.55. The zero-order chi connectivity index (χ0) is 11.6. The first-order valence-corrected chi connectivity index (χ1v) is 4.53. The fraction of sp³-hybridized carbons (Fsp3) is 0.286. The summed E-state index contributed by atoms with van der Waals surface area (Å²) in [5, 5.41) is 0. The summed E-state index contributed by atoms with van der Waals surface area (Å²) in [6, 6.07) is 0. The molecule has 0 aliphatic heterocycles. The number of hydrogen-bond donors (Lipinski definition) is 2. The average molecular weight is 286 g/mol. The van der Waals surface area contributed by atoms with Crippen molar-refractivity contribution in [1.29, 1.82) is 0 Å². The Bertz CT molecular complexity index is 369. The lowest BCUT2D eigenvalue weighted by molar-refractivity contribution is -0.274. The molecule has 1 aromatic heterocycles. The smallest absolute Gasteiger partial charge is 0.401 e. The van der Waals surface area contributed by atoms with Crippen LogP contribution in [0.3, 0.4) is 0 Å². The van der Waals surface area contributed by atoms with E-state index in [0.717, 1.165) is 0 Å². The number of rotatable bonds is 2. The fourth-order valence-corrected chi connectivity index (χ4v) is 1.39. The van der Waals surface area contributed by atoms with Crippen molar-refractivity contribution in [3.05, 3.63) is 16.2 Å². The topological polar surface area (TPSA) is 74.2 Å². The molecule has 0 radical (unpaired) electrons. The van der Waals surface area contributed by atoms with Gasteiger partial charge in [0.2, 0.25) is 0 Å². The second-order valence-corrected chi connectivity index (χ2v) is 3.41. The Morgan fingerprint density at radius 2 is 2.07 bits per heavy atom. The van der Waals surface area contributed by atoms with E-state index in [1.165, 1.54) is 6.20 Å². The van der Waals surface area contributed by atoms with Crippen LogP contribution in [0.2, 0.25) is 0 Å². The van der Waals surface area contributed by atoms with Crippen LogP contribution in [0.25, 0.3) is 0 Å². The first kappa shape index (κ1) is 12.1. The normalized spacial score (nSPS) is 11.5. The lowest BCUT2D eigenvalue weighted by Gasteiger charge is -2.14. The standard InChI is InChI=1S/C7H7BrF3N3O/c8-4-2-14-6(13)5(3(4)1-12)15-7(9,10)11/h2H,1,12H2,(H2,13,14). The van der Waals surface area contributed by atoms with Gasteiger partial charge in [-0.2, -0.15) is 0 Å². The predicted octanol–water partition coefficient (Wildman–Crippen LogP) is 1.78. The Hall–Kier alpha value is -1.02. The van der Waals surface area contributed by atoms with Crippen LogP contribution >= 0.6 is 15.9 Å². The molecule has 1 aromatic rings. The van der Waals surface area contributed by atoms with Crippen molar-refractivity contribution in [2.45, 2.75) is 12.9 Å². The minimum atomic E-state index is -4.82.